The predicted octanol–water partition coefficient (Wildman–Crippen LogP) is 0.346. The van der Waals surface area contributed by atoms with Crippen LogP contribution in [0.1, 0.15) is 19.3 Å². The molecule has 1 heterocycles. The minimum Gasteiger partial charge on any atom is -0.480 e. The van der Waals surface area contributed by atoms with Crippen LogP contribution in [0.5, 0.6) is 0 Å². The van der Waals surface area contributed by atoms with Crippen molar-refractivity contribution in [3.63, 3.8) is 0 Å². The van der Waals surface area contributed by atoms with Gasteiger partial charge in [-0.05, 0) is 19.3 Å². The largest absolute Gasteiger partial charge is 0.480 e. The topological polar surface area (TPSA) is 66.8 Å². The van der Waals surface area contributed by atoms with E-state index in [0.29, 0.717) is 31.9 Å². The van der Waals surface area contributed by atoms with Gasteiger partial charge in [-0.25, -0.2) is 0 Å². The molecule has 5 heteroatoms. The molecule has 2 fully saturated rings. The van der Waals surface area contributed by atoms with E-state index in [1.54, 1.807) is 11.9 Å². The smallest absolute Gasteiger partial charge is 0.319 e. The van der Waals surface area contributed by atoms with E-state index in [2.05, 4.69) is 0 Å². The van der Waals surface area contributed by atoms with Crippen LogP contribution in [0.4, 0.5) is 0 Å². The molecule has 16 heavy (non-hydrogen) atoms. The summed E-state index contributed by atoms with van der Waals surface area (Å²) < 4.78 is 5.23. The fourth-order valence-electron chi connectivity index (χ4n) is 2.21. The van der Waals surface area contributed by atoms with Gasteiger partial charge in [-0.1, -0.05) is 0 Å². The second-order valence-corrected chi connectivity index (χ2v) is 4.80. The summed E-state index contributed by atoms with van der Waals surface area (Å²) in [6, 6.07) is 0. The molecule has 90 valence electrons. The number of aliphatic carboxylic acids is 1. The molecule has 0 aromatic rings. The number of nitrogens with zero attached hydrogens (tertiary/aromatic N) is 1. The van der Waals surface area contributed by atoms with Crippen molar-refractivity contribution < 1.29 is 19.4 Å². The van der Waals surface area contributed by atoms with Crippen LogP contribution in [0.15, 0.2) is 0 Å². The minimum absolute atomic E-state index is 0.244. The number of ether oxygens (including phenoxy) is 1. The first-order chi connectivity index (χ1) is 7.56. The number of hydrogen-bond donors (Lipinski definition) is 1. The lowest BCUT2D eigenvalue weighted by Crippen LogP contribution is -2.40. The molecule has 5 nitrogen and oxygen atoms in total. The molecular weight excluding hydrogens is 210 g/mol. The van der Waals surface area contributed by atoms with Crippen LogP contribution in [0.25, 0.3) is 0 Å². The third kappa shape index (κ3) is 1.91. The average molecular weight is 227 g/mol. The van der Waals surface area contributed by atoms with E-state index >= 15 is 0 Å². The molecule has 1 amide bonds. The van der Waals surface area contributed by atoms with Crippen molar-refractivity contribution in [2.75, 3.05) is 26.8 Å². The predicted molar refractivity (Wildman–Crippen MR) is 55.9 cm³/mol. The van der Waals surface area contributed by atoms with Gasteiger partial charge in [0.15, 0.2) is 0 Å². The lowest BCUT2D eigenvalue weighted by atomic mass is 10.0. The molecule has 0 aromatic carbocycles. The molecular formula is C11H17NO4. The second kappa shape index (κ2) is 4.05. The molecule has 1 atom stereocenters. The number of hydrogen-bond acceptors (Lipinski definition) is 3. The maximum absolute atomic E-state index is 12.0. The van der Waals surface area contributed by atoms with Gasteiger partial charge < -0.3 is 14.7 Å². The highest BCUT2D eigenvalue weighted by Crippen LogP contribution is 2.47. The van der Waals surface area contributed by atoms with Crippen molar-refractivity contribution >= 4 is 11.9 Å². The standard InChI is InChI=1S/C11H17NO4/c1-12(6-8-2-5-16-7-8)9(13)11(3-4-11)10(14)15/h8H,2-7H2,1H3,(H,14,15). The zero-order chi connectivity index (χ0) is 11.8. The molecule has 1 saturated carbocycles. The molecule has 0 bridgehead atoms. The van der Waals surface area contributed by atoms with Crippen molar-refractivity contribution in [3.05, 3.63) is 0 Å². The van der Waals surface area contributed by atoms with E-state index in [9.17, 15) is 9.59 Å². The highest BCUT2D eigenvalue weighted by Gasteiger charge is 2.58. The number of carbonyl (C=O) groups is 2. The van der Waals surface area contributed by atoms with Crippen LogP contribution in [0, 0.1) is 11.3 Å². The maximum atomic E-state index is 12.0. The number of amides is 1. The Bertz CT molecular complexity index is 305. The molecule has 0 radical (unpaired) electrons. The first kappa shape index (κ1) is 11.4. The Morgan fingerprint density at radius 2 is 2.19 bits per heavy atom. The molecule has 1 saturated heterocycles. The summed E-state index contributed by atoms with van der Waals surface area (Å²) in [5.41, 5.74) is -1.10. The molecule has 1 aliphatic heterocycles. The zero-order valence-corrected chi connectivity index (χ0v) is 9.44. The molecule has 1 aliphatic carbocycles. The first-order valence-corrected chi connectivity index (χ1v) is 5.63. The maximum Gasteiger partial charge on any atom is 0.319 e. The summed E-state index contributed by atoms with van der Waals surface area (Å²) in [4.78, 5) is 24.5. The Kier molecular flexibility index (Phi) is 2.88. The fraction of sp³-hybridized carbons (Fsp3) is 0.818. The van der Waals surface area contributed by atoms with Crippen LogP contribution in [0.2, 0.25) is 0 Å². The van der Waals surface area contributed by atoms with E-state index in [1.807, 2.05) is 0 Å². The van der Waals surface area contributed by atoms with Gasteiger partial charge in [0.25, 0.3) is 0 Å². The summed E-state index contributed by atoms with van der Waals surface area (Å²) in [7, 11) is 1.68. The van der Waals surface area contributed by atoms with Gasteiger partial charge >= 0.3 is 5.97 Å². The lowest BCUT2D eigenvalue weighted by Gasteiger charge is -2.23. The van der Waals surface area contributed by atoms with Crippen LogP contribution in [-0.2, 0) is 14.3 Å². The molecule has 0 spiro atoms. The lowest BCUT2D eigenvalue weighted by molar-refractivity contribution is -0.153. The van der Waals surface area contributed by atoms with Crippen LogP contribution in [-0.4, -0.2) is 48.7 Å². The highest BCUT2D eigenvalue weighted by atomic mass is 16.5. The Balaban J connectivity index is 1.91. The van der Waals surface area contributed by atoms with E-state index in [0.717, 1.165) is 13.0 Å². The van der Waals surface area contributed by atoms with E-state index in [4.69, 9.17) is 9.84 Å². The number of carbonyl (C=O) groups excluding carboxylic acids is 1. The number of carboxylic acid groups (broad SMARTS) is 1. The second-order valence-electron chi connectivity index (χ2n) is 4.80. The minimum atomic E-state index is -1.10. The van der Waals surface area contributed by atoms with E-state index in [1.165, 1.54) is 0 Å². The molecule has 1 N–H and O–H groups in total. The van der Waals surface area contributed by atoms with E-state index in [-0.39, 0.29) is 5.91 Å². The summed E-state index contributed by atoms with van der Waals surface area (Å²) >= 11 is 0. The Hall–Kier alpha value is -1.10. The summed E-state index contributed by atoms with van der Waals surface area (Å²) in [5, 5.41) is 9.01. The van der Waals surface area contributed by atoms with Crippen LogP contribution < -0.4 is 0 Å². The third-order valence-electron chi connectivity index (χ3n) is 3.47. The Labute approximate surface area is 94.4 Å². The van der Waals surface area contributed by atoms with Crippen LogP contribution >= 0.6 is 0 Å². The zero-order valence-electron chi connectivity index (χ0n) is 9.44. The van der Waals surface area contributed by atoms with Gasteiger partial charge in [-0.15, -0.1) is 0 Å². The molecule has 2 aliphatic rings. The molecule has 0 aromatic heterocycles. The van der Waals surface area contributed by atoms with E-state index < -0.39 is 11.4 Å². The quantitative estimate of drug-likeness (QED) is 0.703. The van der Waals surface area contributed by atoms with Crippen molar-refractivity contribution in [1.82, 2.24) is 4.90 Å². The normalized spacial score (nSPS) is 26.4. The van der Waals surface area contributed by atoms with Gasteiger partial charge in [0.05, 0.1) is 6.61 Å². The molecule has 2 rings (SSSR count). The van der Waals surface area contributed by atoms with Gasteiger partial charge in [-0.2, -0.15) is 0 Å². The number of carboxylic acids is 1. The van der Waals surface area contributed by atoms with Crippen molar-refractivity contribution in [2.24, 2.45) is 11.3 Å². The van der Waals surface area contributed by atoms with Crippen molar-refractivity contribution in [3.8, 4) is 0 Å². The summed E-state index contributed by atoms with van der Waals surface area (Å²) in [5.74, 6) is -0.863. The molecule has 1 unspecified atom stereocenters. The Morgan fingerprint density at radius 1 is 1.50 bits per heavy atom. The van der Waals surface area contributed by atoms with Gasteiger partial charge in [0.1, 0.15) is 5.41 Å². The third-order valence-corrected chi connectivity index (χ3v) is 3.47. The summed E-state index contributed by atoms with van der Waals surface area (Å²) in [6.45, 7) is 2.03. The van der Waals surface area contributed by atoms with Crippen molar-refractivity contribution in [2.45, 2.75) is 19.3 Å². The fourth-order valence-corrected chi connectivity index (χ4v) is 2.21. The summed E-state index contributed by atoms with van der Waals surface area (Å²) in [6.07, 6.45) is 1.91. The SMILES string of the molecule is CN(CC1CCOC1)C(=O)C1(C(=O)O)CC1. The first-order valence-electron chi connectivity index (χ1n) is 5.63. The average Bonchev–Trinajstić information content (AvgIpc) is 2.91. The Morgan fingerprint density at radius 3 is 2.62 bits per heavy atom. The van der Waals surface area contributed by atoms with Crippen LogP contribution in [0.3, 0.4) is 0 Å². The van der Waals surface area contributed by atoms with Gasteiger partial charge in [0.2, 0.25) is 5.91 Å². The van der Waals surface area contributed by atoms with Gasteiger partial charge in [-0.3, -0.25) is 9.59 Å². The van der Waals surface area contributed by atoms with Crippen molar-refractivity contribution in [1.29, 1.82) is 0 Å². The van der Waals surface area contributed by atoms with Gasteiger partial charge in [0, 0.05) is 26.1 Å². The highest BCUT2D eigenvalue weighted by molar-refractivity contribution is 6.04. The number of rotatable bonds is 4. The monoisotopic (exact) mass is 227 g/mol.